The first-order valence-corrected chi connectivity index (χ1v) is 9.03. The molecular weight excluding hydrogens is 314 g/mol. The van der Waals surface area contributed by atoms with Gasteiger partial charge in [0, 0.05) is 17.8 Å². The molecule has 0 amide bonds. The Morgan fingerprint density at radius 3 is 2.85 bits per heavy atom. The zero-order valence-corrected chi connectivity index (χ0v) is 13.7. The van der Waals surface area contributed by atoms with Gasteiger partial charge in [0.05, 0.1) is 6.61 Å². The van der Waals surface area contributed by atoms with Crippen molar-refractivity contribution in [3.63, 3.8) is 0 Å². The van der Waals surface area contributed by atoms with Gasteiger partial charge in [-0.2, -0.15) is 0 Å². The molecule has 2 nitrogen and oxygen atoms in total. The Morgan fingerprint density at radius 1 is 1.20 bits per heavy atom. The van der Waals surface area contributed by atoms with Gasteiger partial charge in [0.2, 0.25) is 0 Å². The molecule has 1 fully saturated rings. The number of alkyl halides is 1. The van der Waals surface area contributed by atoms with Crippen molar-refractivity contribution in [3.05, 3.63) is 29.3 Å². The van der Waals surface area contributed by atoms with Gasteiger partial charge in [0.15, 0.2) is 0 Å². The van der Waals surface area contributed by atoms with Crippen molar-refractivity contribution in [2.75, 3.05) is 31.6 Å². The Labute approximate surface area is 130 Å². The molecule has 0 spiro atoms. The molecule has 0 radical (unpaired) electrons. The number of rotatable bonds is 6. The average molecular weight is 338 g/mol. The van der Waals surface area contributed by atoms with Crippen LogP contribution in [0.15, 0.2) is 18.2 Å². The van der Waals surface area contributed by atoms with Crippen molar-refractivity contribution < 1.29 is 4.74 Å². The summed E-state index contributed by atoms with van der Waals surface area (Å²) >= 11 is 3.44. The van der Waals surface area contributed by atoms with E-state index in [2.05, 4.69) is 39.0 Å². The zero-order chi connectivity index (χ0) is 13.8. The summed E-state index contributed by atoms with van der Waals surface area (Å²) in [4.78, 5) is 2.65. The first-order chi connectivity index (χ1) is 9.86. The second kappa shape index (κ2) is 6.95. The Bertz CT molecular complexity index is 443. The van der Waals surface area contributed by atoms with E-state index in [1.807, 2.05) is 0 Å². The lowest BCUT2D eigenvalue weighted by Crippen LogP contribution is -2.36. The van der Waals surface area contributed by atoms with E-state index in [0.717, 1.165) is 30.0 Å². The van der Waals surface area contributed by atoms with Gasteiger partial charge < -0.3 is 9.64 Å². The highest BCUT2D eigenvalue weighted by Gasteiger charge is 2.28. The van der Waals surface area contributed by atoms with Gasteiger partial charge in [-0.3, -0.25) is 0 Å². The molecule has 2 aliphatic rings. The van der Waals surface area contributed by atoms with Crippen molar-refractivity contribution in [1.82, 2.24) is 4.90 Å². The lowest BCUT2D eigenvalue weighted by atomic mass is 9.77. The van der Waals surface area contributed by atoms with Gasteiger partial charge in [-0.25, -0.2) is 0 Å². The molecule has 1 unspecified atom stereocenters. The fourth-order valence-electron chi connectivity index (χ4n) is 3.33. The first-order valence-electron chi connectivity index (χ1n) is 7.91. The SMILES string of the molecule is BrCCCOc1ccc2c(c1)C(CN1CCCCC1)C2. The molecule has 1 aromatic rings. The number of fused-ring (bicyclic) bond motifs is 1. The van der Waals surface area contributed by atoms with E-state index >= 15 is 0 Å². The van der Waals surface area contributed by atoms with Crippen LogP contribution in [0, 0.1) is 0 Å². The number of hydrogen-bond acceptors (Lipinski definition) is 2. The fourth-order valence-corrected chi connectivity index (χ4v) is 3.56. The van der Waals surface area contributed by atoms with Crippen LogP contribution in [0.25, 0.3) is 0 Å². The number of benzene rings is 1. The summed E-state index contributed by atoms with van der Waals surface area (Å²) in [5.41, 5.74) is 3.06. The van der Waals surface area contributed by atoms with Gasteiger partial charge in [-0.1, -0.05) is 28.4 Å². The number of likely N-dealkylation sites (tertiary alicyclic amines) is 1. The Balaban J connectivity index is 1.56. The van der Waals surface area contributed by atoms with Crippen molar-refractivity contribution in [2.24, 2.45) is 0 Å². The topological polar surface area (TPSA) is 12.5 Å². The molecule has 0 aromatic heterocycles. The maximum atomic E-state index is 5.81. The van der Waals surface area contributed by atoms with E-state index in [0.29, 0.717) is 0 Å². The maximum absolute atomic E-state index is 5.81. The van der Waals surface area contributed by atoms with Gasteiger partial charge in [-0.15, -0.1) is 0 Å². The van der Waals surface area contributed by atoms with Crippen LogP contribution in [0.5, 0.6) is 5.75 Å². The monoisotopic (exact) mass is 337 g/mol. The zero-order valence-electron chi connectivity index (χ0n) is 12.1. The van der Waals surface area contributed by atoms with Crippen molar-refractivity contribution in [2.45, 2.75) is 38.0 Å². The number of hydrogen-bond donors (Lipinski definition) is 0. The van der Waals surface area contributed by atoms with E-state index in [1.54, 1.807) is 0 Å². The molecule has 110 valence electrons. The molecule has 1 aliphatic carbocycles. The predicted molar refractivity (Wildman–Crippen MR) is 87.1 cm³/mol. The average Bonchev–Trinajstić information content (AvgIpc) is 2.47. The minimum absolute atomic E-state index is 0.739. The molecule has 0 saturated carbocycles. The van der Waals surface area contributed by atoms with E-state index in [-0.39, 0.29) is 0 Å². The molecule has 0 N–H and O–H groups in total. The predicted octanol–water partition coefficient (Wildman–Crippen LogP) is 3.98. The largest absolute Gasteiger partial charge is 0.494 e. The highest BCUT2D eigenvalue weighted by Crippen LogP contribution is 2.38. The van der Waals surface area contributed by atoms with Crippen LogP contribution in [0.1, 0.15) is 42.7 Å². The highest BCUT2D eigenvalue weighted by atomic mass is 79.9. The van der Waals surface area contributed by atoms with Crippen molar-refractivity contribution >= 4 is 15.9 Å². The van der Waals surface area contributed by atoms with Crippen LogP contribution in [-0.2, 0) is 6.42 Å². The third kappa shape index (κ3) is 3.37. The number of halogens is 1. The van der Waals surface area contributed by atoms with Crippen LogP contribution >= 0.6 is 15.9 Å². The smallest absolute Gasteiger partial charge is 0.119 e. The molecular formula is C17H24BrNO. The minimum atomic E-state index is 0.739. The summed E-state index contributed by atoms with van der Waals surface area (Å²) in [6.45, 7) is 4.65. The van der Waals surface area contributed by atoms with Crippen molar-refractivity contribution in [3.8, 4) is 5.75 Å². The van der Waals surface area contributed by atoms with E-state index in [1.165, 1.54) is 56.4 Å². The van der Waals surface area contributed by atoms with E-state index < -0.39 is 0 Å². The third-order valence-corrected chi connectivity index (χ3v) is 5.06. The van der Waals surface area contributed by atoms with E-state index in [4.69, 9.17) is 4.74 Å². The third-order valence-electron chi connectivity index (χ3n) is 4.50. The second-order valence-electron chi connectivity index (χ2n) is 6.01. The molecule has 1 aromatic carbocycles. The number of nitrogens with zero attached hydrogens (tertiary/aromatic N) is 1. The standard InChI is InChI=1S/C17H24BrNO/c18-7-4-10-20-16-6-5-14-11-15(17(14)12-16)13-19-8-2-1-3-9-19/h5-6,12,15H,1-4,7-11,13H2. The van der Waals surface area contributed by atoms with Crippen molar-refractivity contribution in [1.29, 1.82) is 0 Å². The molecule has 3 rings (SSSR count). The highest BCUT2D eigenvalue weighted by molar-refractivity contribution is 9.09. The molecule has 20 heavy (non-hydrogen) atoms. The second-order valence-corrected chi connectivity index (χ2v) is 6.81. The Hall–Kier alpha value is -0.540. The summed E-state index contributed by atoms with van der Waals surface area (Å²) in [5, 5.41) is 1.01. The first kappa shape index (κ1) is 14.4. The van der Waals surface area contributed by atoms with Gasteiger partial charge in [0.1, 0.15) is 5.75 Å². The normalized spacial score (nSPS) is 22.1. The number of piperidine rings is 1. The Kier molecular flexibility index (Phi) is 5.00. The minimum Gasteiger partial charge on any atom is -0.494 e. The Morgan fingerprint density at radius 2 is 2.05 bits per heavy atom. The fraction of sp³-hybridized carbons (Fsp3) is 0.647. The van der Waals surface area contributed by atoms with Crippen LogP contribution in [0.2, 0.25) is 0 Å². The maximum Gasteiger partial charge on any atom is 0.119 e. The summed E-state index contributed by atoms with van der Waals surface area (Å²) in [7, 11) is 0. The summed E-state index contributed by atoms with van der Waals surface area (Å²) in [6, 6.07) is 6.66. The van der Waals surface area contributed by atoms with Crippen LogP contribution in [-0.4, -0.2) is 36.5 Å². The van der Waals surface area contributed by atoms with Gasteiger partial charge in [0.25, 0.3) is 0 Å². The molecule has 1 heterocycles. The lowest BCUT2D eigenvalue weighted by molar-refractivity contribution is 0.209. The van der Waals surface area contributed by atoms with Crippen LogP contribution < -0.4 is 4.74 Å². The van der Waals surface area contributed by atoms with E-state index in [9.17, 15) is 0 Å². The summed E-state index contributed by atoms with van der Waals surface area (Å²) < 4.78 is 5.81. The molecule has 1 aliphatic heterocycles. The summed E-state index contributed by atoms with van der Waals surface area (Å²) in [5.74, 6) is 1.79. The lowest BCUT2D eigenvalue weighted by Gasteiger charge is -2.36. The number of ether oxygens (including phenoxy) is 1. The van der Waals surface area contributed by atoms with Crippen LogP contribution in [0.3, 0.4) is 0 Å². The molecule has 0 bridgehead atoms. The summed E-state index contributed by atoms with van der Waals surface area (Å²) in [6.07, 6.45) is 6.51. The molecule has 1 saturated heterocycles. The van der Waals surface area contributed by atoms with Gasteiger partial charge in [-0.05, 0) is 62.0 Å². The quantitative estimate of drug-likeness (QED) is 0.575. The van der Waals surface area contributed by atoms with Gasteiger partial charge >= 0.3 is 0 Å². The molecule has 1 atom stereocenters. The van der Waals surface area contributed by atoms with Crippen LogP contribution in [0.4, 0.5) is 0 Å². The molecule has 3 heteroatoms.